The number of hydrogen-bond acceptors (Lipinski definition) is 4. The van der Waals surface area contributed by atoms with Gasteiger partial charge in [0, 0.05) is 22.7 Å². The summed E-state index contributed by atoms with van der Waals surface area (Å²) in [5, 5.41) is 3.51. The highest BCUT2D eigenvalue weighted by molar-refractivity contribution is 7.99. The zero-order valence-corrected chi connectivity index (χ0v) is 12.9. The Kier molecular flexibility index (Phi) is 4.55. The number of para-hydroxylation sites is 2. The van der Waals surface area contributed by atoms with E-state index in [9.17, 15) is 0 Å². The van der Waals surface area contributed by atoms with Crippen molar-refractivity contribution in [1.82, 2.24) is 0 Å². The Balaban J connectivity index is 1.76. The molecule has 21 heavy (non-hydrogen) atoms. The molecule has 2 aromatic carbocycles. The number of benzene rings is 2. The zero-order chi connectivity index (χ0) is 14.5. The summed E-state index contributed by atoms with van der Waals surface area (Å²) in [6.45, 7) is 4.14. The fraction of sp³-hybridized carbons (Fsp3) is 0.294. The van der Waals surface area contributed by atoms with Crippen molar-refractivity contribution in [2.45, 2.75) is 18.4 Å². The molecule has 1 heterocycles. The van der Waals surface area contributed by atoms with E-state index in [1.165, 1.54) is 10.6 Å². The van der Waals surface area contributed by atoms with E-state index < -0.39 is 0 Å². The van der Waals surface area contributed by atoms with E-state index in [0.29, 0.717) is 13.2 Å². The molecule has 0 amide bonds. The van der Waals surface area contributed by atoms with E-state index in [0.717, 1.165) is 29.4 Å². The molecule has 1 aliphatic heterocycles. The Morgan fingerprint density at radius 3 is 2.81 bits per heavy atom. The summed E-state index contributed by atoms with van der Waals surface area (Å²) in [4.78, 5) is 1.28. The first-order valence-corrected chi connectivity index (χ1v) is 8.20. The van der Waals surface area contributed by atoms with Crippen LogP contribution in [-0.2, 0) is 6.54 Å². The molecule has 110 valence electrons. The number of nitrogens with one attached hydrogen (secondary N) is 1. The Labute approximate surface area is 129 Å². The van der Waals surface area contributed by atoms with Gasteiger partial charge in [-0.25, -0.2) is 0 Å². The molecule has 4 heteroatoms. The number of ether oxygens (including phenoxy) is 2. The highest BCUT2D eigenvalue weighted by Crippen LogP contribution is 2.34. The van der Waals surface area contributed by atoms with Gasteiger partial charge in [0.15, 0.2) is 11.5 Å². The van der Waals surface area contributed by atoms with Crippen LogP contribution < -0.4 is 14.8 Å². The first kappa shape index (κ1) is 14.1. The number of hydrogen-bond donors (Lipinski definition) is 1. The number of rotatable bonds is 5. The van der Waals surface area contributed by atoms with Crippen LogP contribution in [0.2, 0.25) is 0 Å². The molecule has 3 nitrogen and oxygen atoms in total. The fourth-order valence-corrected chi connectivity index (χ4v) is 3.14. The molecular weight excluding hydrogens is 282 g/mol. The molecule has 0 saturated carbocycles. The summed E-state index contributed by atoms with van der Waals surface area (Å²) < 4.78 is 11.4. The van der Waals surface area contributed by atoms with E-state index in [1.807, 2.05) is 23.9 Å². The van der Waals surface area contributed by atoms with Crippen LogP contribution in [0.15, 0.2) is 47.4 Å². The third-order valence-corrected chi connectivity index (χ3v) is 4.26. The van der Waals surface area contributed by atoms with E-state index >= 15 is 0 Å². The third-order valence-electron chi connectivity index (χ3n) is 3.30. The summed E-state index contributed by atoms with van der Waals surface area (Å²) in [5.41, 5.74) is 2.29. The highest BCUT2D eigenvalue weighted by Gasteiger charge is 2.15. The van der Waals surface area contributed by atoms with Gasteiger partial charge in [-0.05, 0) is 24.0 Å². The predicted octanol–water partition coefficient (Wildman–Crippen LogP) is 4.18. The van der Waals surface area contributed by atoms with Crippen LogP contribution in [-0.4, -0.2) is 19.0 Å². The zero-order valence-electron chi connectivity index (χ0n) is 12.1. The largest absolute Gasteiger partial charge is 0.486 e. The molecule has 2 aromatic rings. The van der Waals surface area contributed by atoms with E-state index in [4.69, 9.17) is 9.47 Å². The van der Waals surface area contributed by atoms with Gasteiger partial charge in [0.2, 0.25) is 0 Å². The second-order valence-electron chi connectivity index (χ2n) is 4.72. The Morgan fingerprint density at radius 1 is 1.05 bits per heavy atom. The molecule has 0 spiro atoms. The van der Waals surface area contributed by atoms with E-state index in [-0.39, 0.29) is 0 Å². The monoisotopic (exact) mass is 301 g/mol. The molecule has 0 aliphatic carbocycles. The van der Waals surface area contributed by atoms with Crippen LogP contribution in [0.4, 0.5) is 5.69 Å². The minimum atomic E-state index is 0.617. The molecule has 0 atom stereocenters. The van der Waals surface area contributed by atoms with Gasteiger partial charge in [-0.3, -0.25) is 0 Å². The number of thioether (sulfide) groups is 1. The van der Waals surface area contributed by atoms with Gasteiger partial charge < -0.3 is 14.8 Å². The molecule has 0 fully saturated rings. The molecular formula is C17H19NO2S. The molecule has 0 bridgehead atoms. The first-order valence-electron chi connectivity index (χ1n) is 7.21. The summed E-state index contributed by atoms with van der Waals surface area (Å²) in [7, 11) is 0. The van der Waals surface area contributed by atoms with Crippen molar-refractivity contribution >= 4 is 17.4 Å². The molecule has 0 radical (unpaired) electrons. The second kappa shape index (κ2) is 6.76. The highest BCUT2D eigenvalue weighted by atomic mass is 32.2. The Bertz CT molecular complexity index is 615. The van der Waals surface area contributed by atoms with E-state index in [2.05, 4.69) is 42.6 Å². The van der Waals surface area contributed by atoms with Gasteiger partial charge in [0.25, 0.3) is 0 Å². The Morgan fingerprint density at radius 2 is 1.90 bits per heavy atom. The minimum absolute atomic E-state index is 0.617. The Hall–Kier alpha value is -1.81. The third kappa shape index (κ3) is 3.27. The van der Waals surface area contributed by atoms with Crippen LogP contribution in [0.1, 0.15) is 12.5 Å². The lowest BCUT2D eigenvalue weighted by atomic mass is 10.1. The van der Waals surface area contributed by atoms with Gasteiger partial charge in [-0.2, -0.15) is 0 Å². The number of anilines is 1. The summed E-state index contributed by atoms with van der Waals surface area (Å²) in [6, 6.07) is 14.4. The summed E-state index contributed by atoms with van der Waals surface area (Å²) in [6.07, 6.45) is 0. The SMILES string of the molecule is CCSc1ccccc1NCc1cccc2c1OCCO2. The first-order chi connectivity index (χ1) is 10.4. The maximum absolute atomic E-state index is 5.75. The van der Waals surface area contributed by atoms with Crippen molar-refractivity contribution in [3.05, 3.63) is 48.0 Å². The maximum Gasteiger partial charge on any atom is 0.166 e. The van der Waals surface area contributed by atoms with Gasteiger partial charge >= 0.3 is 0 Å². The van der Waals surface area contributed by atoms with Crippen molar-refractivity contribution in [2.24, 2.45) is 0 Å². The smallest absolute Gasteiger partial charge is 0.166 e. The van der Waals surface area contributed by atoms with Gasteiger partial charge in [0.1, 0.15) is 13.2 Å². The standard InChI is InChI=1S/C17H19NO2S/c1-2-21-16-9-4-3-7-14(16)18-12-13-6-5-8-15-17(13)20-11-10-19-15/h3-9,18H,2,10-12H2,1H3. The normalized spacial score (nSPS) is 13.0. The second-order valence-corrected chi connectivity index (χ2v) is 6.03. The van der Waals surface area contributed by atoms with Crippen LogP contribution in [0.5, 0.6) is 11.5 Å². The van der Waals surface area contributed by atoms with Crippen molar-refractivity contribution in [2.75, 3.05) is 24.3 Å². The lowest BCUT2D eigenvalue weighted by Gasteiger charge is -2.21. The number of fused-ring (bicyclic) bond motifs is 1. The van der Waals surface area contributed by atoms with Crippen molar-refractivity contribution in [1.29, 1.82) is 0 Å². The summed E-state index contributed by atoms with van der Waals surface area (Å²) >= 11 is 1.85. The summed E-state index contributed by atoms with van der Waals surface area (Å²) in [5.74, 6) is 2.78. The van der Waals surface area contributed by atoms with Gasteiger partial charge in [0.05, 0.1) is 0 Å². The average Bonchev–Trinajstić information content (AvgIpc) is 2.54. The van der Waals surface area contributed by atoms with Crippen molar-refractivity contribution < 1.29 is 9.47 Å². The lowest BCUT2D eigenvalue weighted by molar-refractivity contribution is 0.170. The van der Waals surface area contributed by atoms with Crippen LogP contribution in [0.25, 0.3) is 0 Å². The molecule has 0 unspecified atom stereocenters. The molecule has 1 N–H and O–H groups in total. The molecule has 1 aliphatic rings. The minimum Gasteiger partial charge on any atom is -0.486 e. The van der Waals surface area contributed by atoms with Gasteiger partial charge in [-0.15, -0.1) is 11.8 Å². The van der Waals surface area contributed by atoms with Crippen LogP contribution >= 0.6 is 11.8 Å². The van der Waals surface area contributed by atoms with Crippen molar-refractivity contribution in [3.8, 4) is 11.5 Å². The fourth-order valence-electron chi connectivity index (χ4n) is 2.36. The predicted molar refractivity (Wildman–Crippen MR) is 87.6 cm³/mol. The van der Waals surface area contributed by atoms with E-state index in [1.54, 1.807) is 0 Å². The molecule has 0 aromatic heterocycles. The lowest BCUT2D eigenvalue weighted by Crippen LogP contribution is -2.17. The molecule has 0 saturated heterocycles. The van der Waals surface area contributed by atoms with Gasteiger partial charge in [-0.1, -0.05) is 31.2 Å². The average molecular weight is 301 g/mol. The maximum atomic E-state index is 5.75. The van der Waals surface area contributed by atoms with Crippen LogP contribution in [0.3, 0.4) is 0 Å². The van der Waals surface area contributed by atoms with Crippen LogP contribution in [0, 0.1) is 0 Å². The topological polar surface area (TPSA) is 30.5 Å². The van der Waals surface area contributed by atoms with Crippen molar-refractivity contribution in [3.63, 3.8) is 0 Å². The quantitative estimate of drug-likeness (QED) is 0.839. The molecule has 3 rings (SSSR count).